The molecule has 1 aliphatic carbocycles. The van der Waals surface area contributed by atoms with Crippen LogP contribution in [0.15, 0.2) is 30.4 Å². The number of carbonyl (C=O) groups excluding carboxylic acids is 1. The van der Waals surface area contributed by atoms with Crippen LogP contribution in [0.3, 0.4) is 0 Å². The average Bonchev–Trinajstić information content (AvgIpc) is 2.81. The second-order valence-electron chi connectivity index (χ2n) is 6.28. The molecular weight excluding hydrogens is 333 g/mol. The largest absolute Gasteiger partial charge is 0.433 e. The van der Waals surface area contributed by atoms with Gasteiger partial charge in [0.15, 0.2) is 5.65 Å². The summed E-state index contributed by atoms with van der Waals surface area (Å²) in [6.45, 7) is 5.62. The number of hydrogen-bond acceptors (Lipinski definition) is 3. The van der Waals surface area contributed by atoms with Gasteiger partial charge in [-0.3, -0.25) is 14.7 Å². The summed E-state index contributed by atoms with van der Waals surface area (Å²) in [4.78, 5) is 20.3. The van der Waals surface area contributed by atoms with E-state index in [1.165, 1.54) is 10.6 Å². The Morgan fingerprint density at radius 2 is 1.88 bits per heavy atom. The summed E-state index contributed by atoms with van der Waals surface area (Å²) in [5.74, 6) is -0.227. The smallest absolute Gasteiger partial charge is 0.295 e. The van der Waals surface area contributed by atoms with Crippen molar-refractivity contribution < 1.29 is 18.0 Å². The van der Waals surface area contributed by atoms with Gasteiger partial charge in [0.05, 0.1) is 5.70 Å². The Bertz CT molecular complexity index is 893. The number of nitrogens with one attached hydrogen (secondary N) is 1. The number of hydrogen-bond donors (Lipinski definition) is 1. The second-order valence-corrected chi connectivity index (χ2v) is 6.28. The van der Waals surface area contributed by atoms with E-state index in [0.29, 0.717) is 5.70 Å². The Hall–Kier alpha value is -2.64. The monoisotopic (exact) mass is 350 g/mol. The van der Waals surface area contributed by atoms with E-state index in [9.17, 15) is 18.0 Å². The molecule has 1 atom stereocenters. The summed E-state index contributed by atoms with van der Waals surface area (Å²) in [5, 5.41) is 2.71. The van der Waals surface area contributed by atoms with E-state index >= 15 is 0 Å². The fraction of sp³-hybridized carbons (Fsp3) is 0.353. The minimum atomic E-state index is -4.55. The molecule has 1 N–H and O–H groups in total. The van der Waals surface area contributed by atoms with Crippen LogP contribution in [0.4, 0.5) is 19.1 Å². The number of anilines is 1. The molecule has 8 heteroatoms. The molecule has 5 nitrogen and oxygen atoms in total. The molecule has 0 saturated carbocycles. The van der Waals surface area contributed by atoms with Crippen molar-refractivity contribution in [3.63, 3.8) is 0 Å². The van der Waals surface area contributed by atoms with Crippen LogP contribution in [0.1, 0.15) is 26.5 Å². The van der Waals surface area contributed by atoms with Crippen LogP contribution >= 0.6 is 0 Å². The number of alkyl halides is 3. The first-order chi connectivity index (χ1) is 11.7. The molecule has 2 heterocycles. The van der Waals surface area contributed by atoms with Crippen molar-refractivity contribution in [1.29, 1.82) is 0 Å². The Morgan fingerprint density at radius 1 is 1.20 bits per heavy atom. The predicted octanol–water partition coefficient (Wildman–Crippen LogP) is 4.09. The SMILES string of the molecule is CC(C)[C@H](C)C(=O)Nc1nc2ccc(C(F)(F)F)nc2n1C1=CC=C1. The highest BCUT2D eigenvalue weighted by Gasteiger charge is 2.33. The second kappa shape index (κ2) is 6.02. The molecule has 0 bridgehead atoms. The lowest BCUT2D eigenvalue weighted by Crippen LogP contribution is -2.26. The van der Waals surface area contributed by atoms with Crippen LogP contribution in [0.2, 0.25) is 0 Å². The highest BCUT2D eigenvalue weighted by atomic mass is 19.4. The van der Waals surface area contributed by atoms with Crippen LogP contribution in [0.25, 0.3) is 16.9 Å². The Kier molecular flexibility index (Phi) is 4.14. The maximum Gasteiger partial charge on any atom is 0.433 e. The van der Waals surface area contributed by atoms with E-state index in [2.05, 4.69) is 15.3 Å². The molecule has 0 aromatic carbocycles. The van der Waals surface area contributed by atoms with Crippen molar-refractivity contribution in [3.8, 4) is 0 Å². The molecule has 3 rings (SSSR count). The van der Waals surface area contributed by atoms with Crippen molar-refractivity contribution in [2.24, 2.45) is 11.8 Å². The van der Waals surface area contributed by atoms with Gasteiger partial charge in [-0.25, -0.2) is 9.97 Å². The number of carbonyl (C=O) groups is 1. The van der Waals surface area contributed by atoms with Gasteiger partial charge in [-0.05, 0) is 30.2 Å². The van der Waals surface area contributed by atoms with Crippen LogP contribution in [0, 0.1) is 11.8 Å². The predicted molar refractivity (Wildman–Crippen MR) is 88.6 cm³/mol. The minimum Gasteiger partial charge on any atom is -0.295 e. The molecule has 2 aromatic heterocycles. The maximum absolute atomic E-state index is 13.0. The summed E-state index contributed by atoms with van der Waals surface area (Å²) in [7, 11) is 0. The highest BCUT2D eigenvalue weighted by Crippen LogP contribution is 2.32. The van der Waals surface area contributed by atoms with Crippen molar-refractivity contribution in [2.45, 2.75) is 26.9 Å². The van der Waals surface area contributed by atoms with Crippen LogP contribution < -0.4 is 5.32 Å². The minimum absolute atomic E-state index is 0.0536. The Labute approximate surface area is 142 Å². The number of pyridine rings is 1. The van der Waals surface area contributed by atoms with Gasteiger partial charge in [0.25, 0.3) is 0 Å². The molecule has 2 aromatic rings. The zero-order valence-corrected chi connectivity index (χ0v) is 13.9. The molecule has 0 saturated heterocycles. The van der Waals surface area contributed by atoms with E-state index in [1.807, 2.05) is 13.8 Å². The topological polar surface area (TPSA) is 59.8 Å². The molecule has 0 aliphatic heterocycles. The van der Waals surface area contributed by atoms with Crippen molar-refractivity contribution in [3.05, 3.63) is 36.1 Å². The molecule has 1 aliphatic rings. The van der Waals surface area contributed by atoms with Crippen LogP contribution in [-0.2, 0) is 11.0 Å². The fourth-order valence-corrected chi connectivity index (χ4v) is 2.30. The number of halogens is 3. The molecule has 132 valence electrons. The third-order valence-corrected chi connectivity index (χ3v) is 4.24. The van der Waals surface area contributed by atoms with Gasteiger partial charge in [0.1, 0.15) is 11.2 Å². The zero-order valence-electron chi connectivity index (χ0n) is 13.9. The number of aromatic nitrogens is 3. The van der Waals surface area contributed by atoms with E-state index in [-0.39, 0.29) is 34.9 Å². The Balaban J connectivity index is 2.08. The number of fused-ring (bicyclic) bond motifs is 1. The third kappa shape index (κ3) is 3.16. The third-order valence-electron chi connectivity index (χ3n) is 4.24. The zero-order chi connectivity index (χ0) is 18.4. The van der Waals surface area contributed by atoms with Gasteiger partial charge >= 0.3 is 6.18 Å². The van der Waals surface area contributed by atoms with Gasteiger partial charge < -0.3 is 0 Å². The molecule has 1 amide bonds. The number of rotatable bonds is 4. The molecule has 0 radical (unpaired) electrons. The normalized spacial score (nSPS) is 15.2. The van der Waals surface area contributed by atoms with Crippen molar-refractivity contribution in [2.75, 3.05) is 5.32 Å². The molecule has 0 fully saturated rings. The quantitative estimate of drug-likeness (QED) is 0.903. The van der Waals surface area contributed by atoms with E-state index in [4.69, 9.17) is 0 Å². The standard InChI is InChI=1S/C17H17F3N4O/c1-9(2)10(3)15(25)23-16-21-12-7-8-13(17(18,19)20)22-14(12)24(16)11-5-4-6-11/h4-10H,1-3H3,(H,21,23,25)/t10-/m0/s1. The molecular formula is C17H17F3N4O. The summed E-state index contributed by atoms with van der Waals surface area (Å²) in [6, 6.07) is 2.14. The lowest BCUT2D eigenvalue weighted by Gasteiger charge is -2.17. The van der Waals surface area contributed by atoms with Gasteiger partial charge in [-0.2, -0.15) is 13.2 Å². The summed E-state index contributed by atoms with van der Waals surface area (Å²) in [5.41, 5.74) is -0.0556. The highest BCUT2D eigenvalue weighted by molar-refractivity contribution is 5.94. The molecule has 0 spiro atoms. The van der Waals surface area contributed by atoms with Gasteiger partial charge in [-0.15, -0.1) is 0 Å². The van der Waals surface area contributed by atoms with Crippen LogP contribution in [0.5, 0.6) is 0 Å². The average molecular weight is 350 g/mol. The summed E-state index contributed by atoms with van der Waals surface area (Å²) < 4.78 is 40.3. The fourth-order valence-electron chi connectivity index (χ4n) is 2.30. The lowest BCUT2D eigenvalue weighted by atomic mass is 9.97. The lowest BCUT2D eigenvalue weighted by molar-refractivity contribution is -0.141. The summed E-state index contributed by atoms with van der Waals surface area (Å²) >= 11 is 0. The number of imidazole rings is 1. The Morgan fingerprint density at radius 3 is 2.40 bits per heavy atom. The van der Waals surface area contributed by atoms with Gasteiger partial charge in [0, 0.05) is 5.92 Å². The van der Waals surface area contributed by atoms with Gasteiger partial charge in [0.2, 0.25) is 11.9 Å². The first kappa shape index (κ1) is 17.2. The first-order valence-electron chi connectivity index (χ1n) is 7.85. The first-order valence-corrected chi connectivity index (χ1v) is 7.85. The number of amides is 1. The van der Waals surface area contributed by atoms with E-state index < -0.39 is 11.9 Å². The van der Waals surface area contributed by atoms with Crippen LogP contribution in [-0.4, -0.2) is 20.4 Å². The summed E-state index contributed by atoms with van der Waals surface area (Å²) in [6.07, 6.45) is 0.620. The van der Waals surface area contributed by atoms with E-state index in [0.717, 1.165) is 6.07 Å². The van der Waals surface area contributed by atoms with E-state index in [1.54, 1.807) is 25.2 Å². The van der Waals surface area contributed by atoms with Crippen molar-refractivity contribution in [1.82, 2.24) is 14.5 Å². The molecule has 25 heavy (non-hydrogen) atoms. The maximum atomic E-state index is 13.0. The van der Waals surface area contributed by atoms with Crippen molar-refractivity contribution >= 4 is 28.7 Å². The number of nitrogens with zero attached hydrogens (tertiary/aromatic N) is 3. The molecule has 0 unspecified atom stereocenters. The number of allylic oxidation sites excluding steroid dienone is 4. The van der Waals surface area contributed by atoms with Gasteiger partial charge in [-0.1, -0.05) is 26.8 Å².